The molecule has 6 N–H and O–H groups in total. The van der Waals surface area contributed by atoms with Gasteiger partial charge in [0.2, 0.25) is 0 Å². The fourth-order valence-electron chi connectivity index (χ4n) is 0.258. The highest BCUT2D eigenvalue weighted by atomic mass is 16.4. The van der Waals surface area contributed by atoms with E-state index in [4.69, 9.17) is 30.6 Å². The molecule has 0 aromatic carbocycles. The smallest absolute Gasteiger partial charge is 0.331 e. The molecule has 0 aliphatic carbocycles. The Morgan fingerprint density at radius 2 is 0.920 bits per heavy atom. The Kier molecular flexibility index (Phi) is 22.9. The van der Waals surface area contributed by atoms with Crippen molar-refractivity contribution in [1.82, 2.24) is 0 Å². The minimum Gasteiger partial charge on any atom is -0.481 e. The summed E-state index contributed by atoms with van der Waals surface area (Å²) in [7, 11) is 0. The van der Waals surface area contributed by atoms with E-state index in [2.05, 4.69) is 19.7 Å². The van der Waals surface area contributed by atoms with Gasteiger partial charge in [-0.25, -0.2) is 14.4 Å². The fraction of sp³-hybridized carbons (Fsp3) is 0.333. The molecule has 0 aromatic rings. The maximum Gasteiger partial charge on any atom is 0.331 e. The fourth-order valence-corrected chi connectivity index (χ4v) is 0.258. The Morgan fingerprint density at radius 3 is 0.960 bits per heavy atom. The summed E-state index contributed by atoms with van der Waals surface area (Å²) in [6, 6.07) is 0. The van der Waals surface area contributed by atoms with Crippen LogP contribution in [0.25, 0.3) is 0 Å². The lowest BCUT2D eigenvalue weighted by Gasteiger charge is -1.91. The molecular weight excluding hydrogens is 340 g/mol. The molecule has 0 saturated carbocycles. The van der Waals surface area contributed by atoms with Gasteiger partial charge in [-0.2, -0.15) is 0 Å². The summed E-state index contributed by atoms with van der Waals surface area (Å²) in [5.41, 5.74) is 0.0486. The standard InChI is InChI=1S/C5H6O4.2C4H6O2.C2H6O2/c1-3(5(8)9)2-4(6)7;2*1-3(2)4(5)6;3-1-2-4/h1-2H2,(H,6,7)(H,8,9);2*1H2,2H3,(H,5,6);3-4H,1-2H2. The van der Waals surface area contributed by atoms with Crippen LogP contribution in [0.3, 0.4) is 0 Å². The third kappa shape index (κ3) is 38.7. The van der Waals surface area contributed by atoms with E-state index in [1.165, 1.54) is 13.8 Å². The first-order valence-corrected chi connectivity index (χ1v) is 6.36. The van der Waals surface area contributed by atoms with Crippen LogP contribution >= 0.6 is 0 Å². The highest BCUT2D eigenvalue weighted by Gasteiger charge is 2.07. The lowest BCUT2D eigenvalue weighted by molar-refractivity contribution is -0.139. The van der Waals surface area contributed by atoms with E-state index in [0.717, 1.165) is 0 Å². The highest BCUT2D eigenvalue weighted by Crippen LogP contribution is 1.95. The van der Waals surface area contributed by atoms with Gasteiger partial charge in [0.05, 0.1) is 19.6 Å². The minimum absolute atomic E-state index is 0.125. The molecule has 0 spiro atoms. The Bertz CT molecular complexity index is 441. The number of carboxylic acids is 4. The van der Waals surface area contributed by atoms with Gasteiger partial charge < -0.3 is 30.6 Å². The monoisotopic (exact) mass is 364 g/mol. The number of hydrogen-bond acceptors (Lipinski definition) is 6. The summed E-state index contributed by atoms with van der Waals surface area (Å²) in [6.07, 6.45) is -0.505. The first-order valence-electron chi connectivity index (χ1n) is 6.36. The normalized spacial score (nSPS) is 7.84. The summed E-state index contributed by atoms with van der Waals surface area (Å²) in [5.74, 6) is -4.31. The van der Waals surface area contributed by atoms with Crippen LogP contribution < -0.4 is 0 Å². The topological polar surface area (TPSA) is 190 Å². The average Bonchev–Trinajstić information content (AvgIpc) is 2.47. The Morgan fingerprint density at radius 1 is 0.680 bits per heavy atom. The van der Waals surface area contributed by atoms with Crippen molar-refractivity contribution in [3.63, 3.8) is 0 Å². The molecule has 10 heteroatoms. The number of aliphatic hydroxyl groups excluding tert-OH is 2. The zero-order valence-corrected chi connectivity index (χ0v) is 14.1. The summed E-state index contributed by atoms with van der Waals surface area (Å²) in [5, 5.41) is 47.1. The Hall–Kier alpha value is -2.98. The Balaban J connectivity index is -0.000000123. The van der Waals surface area contributed by atoms with Crippen LogP contribution in [0, 0.1) is 0 Å². The van der Waals surface area contributed by atoms with Gasteiger partial charge in [0.25, 0.3) is 0 Å². The number of carboxylic acid groups (broad SMARTS) is 4. The van der Waals surface area contributed by atoms with Crippen LogP contribution in [0.1, 0.15) is 20.3 Å². The maximum atomic E-state index is 9.87. The number of aliphatic hydroxyl groups is 2. The third-order valence-corrected chi connectivity index (χ3v) is 1.50. The van der Waals surface area contributed by atoms with Gasteiger partial charge in [-0.15, -0.1) is 0 Å². The number of rotatable bonds is 6. The molecule has 0 heterocycles. The molecular formula is C15H24O10. The van der Waals surface area contributed by atoms with Crippen molar-refractivity contribution in [2.75, 3.05) is 13.2 Å². The van der Waals surface area contributed by atoms with Crippen molar-refractivity contribution in [2.24, 2.45) is 0 Å². The largest absolute Gasteiger partial charge is 0.481 e. The molecule has 0 aliphatic rings. The summed E-state index contributed by atoms with van der Waals surface area (Å²) >= 11 is 0. The SMILES string of the molecule is C=C(C)C(=O)O.C=C(C)C(=O)O.C=C(CC(=O)O)C(=O)O.OCCO. The molecule has 0 aliphatic heterocycles. The summed E-state index contributed by atoms with van der Waals surface area (Å²) < 4.78 is 0. The van der Waals surface area contributed by atoms with E-state index in [-0.39, 0.29) is 29.9 Å². The first kappa shape index (κ1) is 30.0. The number of carbonyl (C=O) groups is 4. The molecule has 0 saturated heterocycles. The predicted molar refractivity (Wildman–Crippen MR) is 88.1 cm³/mol. The second kappa shape index (κ2) is 19.1. The average molecular weight is 364 g/mol. The molecule has 0 bridgehead atoms. The third-order valence-electron chi connectivity index (χ3n) is 1.50. The van der Waals surface area contributed by atoms with Crippen LogP contribution in [-0.2, 0) is 19.2 Å². The maximum absolute atomic E-state index is 9.87. The van der Waals surface area contributed by atoms with Crippen molar-refractivity contribution < 1.29 is 49.8 Å². The minimum atomic E-state index is -1.27. The zero-order chi connectivity index (χ0) is 21.2. The number of aliphatic carboxylic acids is 4. The van der Waals surface area contributed by atoms with Gasteiger partial charge in [0, 0.05) is 16.7 Å². The molecule has 0 atom stereocenters. The second-order valence-electron chi connectivity index (χ2n) is 4.10. The van der Waals surface area contributed by atoms with E-state index in [9.17, 15) is 19.2 Å². The molecule has 10 nitrogen and oxygen atoms in total. The summed E-state index contributed by atoms with van der Waals surface area (Å²) in [6.45, 7) is 12.0. The first-order chi connectivity index (χ1) is 11.2. The second-order valence-corrected chi connectivity index (χ2v) is 4.10. The van der Waals surface area contributed by atoms with Crippen LogP contribution in [0.5, 0.6) is 0 Å². The molecule has 0 aromatic heterocycles. The molecule has 0 rings (SSSR count). The van der Waals surface area contributed by atoms with E-state index in [1.54, 1.807) is 0 Å². The predicted octanol–water partition coefficient (Wildman–Crippen LogP) is 0.367. The van der Waals surface area contributed by atoms with Crippen LogP contribution in [0.15, 0.2) is 36.5 Å². The van der Waals surface area contributed by atoms with Crippen molar-refractivity contribution in [3.05, 3.63) is 36.5 Å². The van der Waals surface area contributed by atoms with Gasteiger partial charge >= 0.3 is 23.9 Å². The van der Waals surface area contributed by atoms with Gasteiger partial charge in [0.1, 0.15) is 0 Å². The van der Waals surface area contributed by atoms with Gasteiger partial charge in [0.15, 0.2) is 0 Å². The molecule has 0 fully saturated rings. The van der Waals surface area contributed by atoms with Gasteiger partial charge in [-0.05, 0) is 13.8 Å². The quantitative estimate of drug-likeness (QED) is 0.359. The van der Waals surface area contributed by atoms with Crippen molar-refractivity contribution in [2.45, 2.75) is 20.3 Å². The summed E-state index contributed by atoms with van der Waals surface area (Å²) in [4.78, 5) is 38.9. The lowest BCUT2D eigenvalue weighted by atomic mass is 10.2. The van der Waals surface area contributed by atoms with E-state index in [0.29, 0.717) is 0 Å². The van der Waals surface area contributed by atoms with Gasteiger partial charge in [-0.3, -0.25) is 4.79 Å². The molecule has 25 heavy (non-hydrogen) atoms. The molecule has 144 valence electrons. The lowest BCUT2D eigenvalue weighted by Crippen LogP contribution is -2.04. The van der Waals surface area contributed by atoms with E-state index < -0.39 is 30.3 Å². The van der Waals surface area contributed by atoms with Crippen LogP contribution in [0.4, 0.5) is 0 Å². The van der Waals surface area contributed by atoms with Crippen molar-refractivity contribution in [1.29, 1.82) is 0 Å². The molecule has 0 radical (unpaired) electrons. The molecule has 0 unspecified atom stereocenters. The van der Waals surface area contributed by atoms with Crippen LogP contribution in [0.2, 0.25) is 0 Å². The van der Waals surface area contributed by atoms with E-state index >= 15 is 0 Å². The van der Waals surface area contributed by atoms with Crippen molar-refractivity contribution >= 4 is 23.9 Å². The van der Waals surface area contributed by atoms with Gasteiger partial charge in [-0.1, -0.05) is 19.7 Å². The zero-order valence-electron chi connectivity index (χ0n) is 14.1. The molecule has 0 amide bonds. The number of hydrogen-bond donors (Lipinski definition) is 6. The highest BCUT2D eigenvalue weighted by molar-refractivity contribution is 5.91. The van der Waals surface area contributed by atoms with Crippen molar-refractivity contribution in [3.8, 4) is 0 Å². The Labute approximate surface area is 144 Å². The van der Waals surface area contributed by atoms with Crippen LogP contribution in [-0.4, -0.2) is 67.7 Å². The van der Waals surface area contributed by atoms with E-state index in [1.807, 2.05) is 0 Å².